The van der Waals surface area contributed by atoms with Crippen LogP contribution in [0.2, 0.25) is 0 Å². The van der Waals surface area contributed by atoms with Crippen LogP contribution in [0.25, 0.3) is 0 Å². The molecular weight excluding hydrogens is 216 g/mol. The first kappa shape index (κ1) is 10.7. The molecule has 90 valence electrons. The molecule has 2 aliphatic heterocycles. The third-order valence-corrected chi connectivity index (χ3v) is 3.56. The van der Waals surface area contributed by atoms with Crippen LogP contribution >= 0.6 is 0 Å². The standard InChI is InChI=1S/C13H16N2O2/c16-10-7-11(14-8-10)13(17)15-6-5-9-3-1-2-4-12(9)15/h1-4,10-11,14,16H,5-8H2. The lowest BCUT2D eigenvalue weighted by Gasteiger charge is -2.21. The fraction of sp³-hybridized carbons (Fsp3) is 0.462. The third-order valence-electron chi connectivity index (χ3n) is 3.56. The topological polar surface area (TPSA) is 52.6 Å². The minimum absolute atomic E-state index is 0.0894. The van der Waals surface area contributed by atoms with E-state index in [1.807, 2.05) is 23.1 Å². The van der Waals surface area contributed by atoms with Crippen LogP contribution in [-0.4, -0.2) is 36.2 Å². The van der Waals surface area contributed by atoms with E-state index in [1.54, 1.807) is 0 Å². The monoisotopic (exact) mass is 232 g/mol. The van der Waals surface area contributed by atoms with Gasteiger partial charge < -0.3 is 15.3 Å². The van der Waals surface area contributed by atoms with Gasteiger partial charge in [-0.05, 0) is 24.5 Å². The van der Waals surface area contributed by atoms with E-state index in [-0.39, 0.29) is 18.1 Å². The van der Waals surface area contributed by atoms with Crippen LogP contribution in [0.1, 0.15) is 12.0 Å². The van der Waals surface area contributed by atoms with Gasteiger partial charge in [0.1, 0.15) is 0 Å². The van der Waals surface area contributed by atoms with Gasteiger partial charge in [-0.15, -0.1) is 0 Å². The summed E-state index contributed by atoms with van der Waals surface area (Å²) in [5.74, 6) is 0.0894. The highest BCUT2D eigenvalue weighted by atomic mass is 16.3. The van der Waals surface area contributed by atoms with Gasteiger partial charge in [0.2, 0.25) is 5.91 Å². The number of para-hydroxylation sites is 1. The van der Waals surface area contributed by atoms with Crippen molar-refractivity contribution in [2.24, 2.45) is 0 Å². The summed E-state index contributed by atoms with van der Waals surface area (Å²) in [7, 11) is 0. The molecule has 0 saturated carbocycles. The zero-order chi connectivity index (χ0) is 11.8. The Morgan fingerprint density at radius 2 is 2.24 bits per heavy atom. The molecule has 0 spiro atoms. The molecule has 4 nitrogen and oxygen atoms in total. The number of anilines is 1. The molecule has 0 bridgehead atoms. The molecule has 2 aliphatic rings. The SMILES string of the molecule is O=C(C1CC(O)CN1)N1CCc2ccccc21. The van der Waals surface area contributed by atoms with Crippen molar-refractivity contribution < 1.29 is 9.90 Å². The quantitative estimate of drug-likeness (QED) is 0.732. The van der Waals surface area contributed by atoms with Crippen LogP contribution in [0.5, 0.6) is 0 Å². The Labute approximate surface area is 100 Å². The predicted octanol–water partition coefficient (Wildman–Crippen LogP) is 0.298. The minimum atomic E-state index is -0.387. The largest absolute Gasteiger partial charge is 0.392 e. The highest BCUT2D eigenvalue weighted by Gasteiger charge is 2.34. The molecule has 1 fully saturated rings. The van der Waals surface area contributed by atoms with Crippen molar-refractivity contribution in [1.29, 1.82) is 0 Å². The predicted molar refractivity (Wildman–Crippen MR) is 64.9 cm³/mol. The Kier molecular flexibility index (Phi) is 2.61. The number of rotatable bonds is 1. The molecular formula is C13H16N2O2. The molecule has 3 rings (SSSR count). The molecule has 1 aromatic rings. The summed E-state index contributed by atoms with van der Waals surface area (Å²) < 4.78 is 0. The highest BCUT2D eigenvalue weighted by molar-refractivity contribution is 5.99. The van der Waals surface area contributed by atoms with Crippen LogP contribution in [0.3, 0.4) is 0 Å². The van der Waals surface area contributed by atoms with E-state index in [0.717, 1.165) is 18.7 Å². The van der Waals surface area contributed by atoms with Crippen molar-refractivity contribution in [3.63, 3.8) is 0 Å². The van der Waals surface area contributed by atoms with Crippen LogP contribution in [0, 0.1) is 0 Å². The molecule has 0 aliphatic carbocycles. The molecule has 4 heteroatoms. The first-order valence-corrected chi connectivity index (χ1v) is 6.06. The lowest BCUT2D eigenvalue weighted by atomic mass is 10.1. The van der Waals surface area contributed by atoms with Gasteiger partial charge in [-0.2, -0.15) is 0 Å². The molecule has 17 heavy (non-hydrogen) atoms. The van der Waals surface area contributed by atoms with Gasteiger partial charge in [-0.1, -0.05) is 18.2 Å². The normalized spacial score (nSPS) is 27.2. The van der Waals surface area contributed by atoms with Crippen LogP contribution in [0.15, 0.2) is 24.3 Å². The zero-order valence-electron chi connectivity index (χ0n) is 9.60. The molecule has 2 N–H and O–H groups in total. The van der Waals surface area contributed by atoms with Crippen LogP contribution < -0.4 is 10.2 Å². The van der Waals surface area contributed by atoms with Crippen molar-refractivity contribution in [2.75, 3.05) is 18.0 Å². The Bertz CT molecular complexity index is 447. The first-order chi connectivity index (χ1) is 8.25. The molecule has 1 saturated heterocycles. The number of hydrogen-bond acceptors (Lipinski definition) is 3. The maximum atomic E-state index is 12.3. The second-order valence-corrected chi connectivity index (χ2v) is 4.72. The van der Waals surface area contributed by atoms with E-state index in [4.69, 9.17) is 0 Å². The fourth-order valence-corrected chi connectivity index (χ4v) is 2.66. The Balaban J connectivity index is 1.80. The van der Waals surface area contributed by atoms with Gasteiger partial charge in [-0.3, -0.25) is 4.79 Å². The van der Waals surface area contributed by atoms with Gasteiger partial charge in [-0.25, -0.2) is 0 Å². The second-order valence-electron chi connectivity index (χ2n) is 4.72. The van der Waals surface area contributed by atoms with E-state index in [2.05, 4.69) is 11.4 Å². The summed E-state index contributed by atoms with van der Waals surface area (Å²) in [4.78, 5) is 14.1. The Morgan fingerprint density at radius 1 is 1.41 bits per heavy atom. The average Bonchev–Trinajstić information content (AvgIpc) is 2.94. The number of aliphatic hydroxyl groups is 1. The molecule has 2 atom stereocenters. The van der Waals surface area contributed by atoms with Crippen molar-refractivity contribution >= 4 is 11.6 Å². The zero-order valence-corrected chi connectivity index (χ0v) is 9.60. The van der Waals surface area contributed by atoms with E-state index < -0.39 is 0 Å². The average molecular weight is 232 g/mol. The smallest absolute Gasteiger partial charge is 0.244 e. The summed E-state index contributed by atoms with van der Waals surface area (Å²) in [6, 6.07) is 7.80. The van der Waals surface area contributed by atoms with Gasteiger partial charge >= 0.3 is 0 Å². The van der Waals surface area contributed by atoms with Crippen molar-refractivity contribution in [1.82, 2.24) is 5.32 Å². The van der Waals surface area contributed by atoms with E-state index in [0.29, 0.717) is 13.0 Å². The van der Waals surface area contributed by atoms with Crippen LogP contribution in [0.4, 0.5) is 5.69 Å². The second kappa shape index (κ2) is 4.13. The van der Waals surface area contributed by atoms with Gasteiger partial charge in [0.15, 0.2) is 0 Å². The van der Waals surface area contributed by atoms with E-state index >= 15 is 0 Å². The lowest BCUT2D eigenvalue weighted by Crippen LogP contribution is -2.42. The van der Waals surface area contributed by atoms with Gasteiger partial charge in [0.05, 0.1) is 12.1 Å². The van der Waals surface area contributed by atoms with Crippen molar-refractivity contribution in [2.45, 2.75) is 25.0 Å². The molecule has 0 radical (unpaired) electrons. The van der Waals surface area contributed by atoms with Crippen LogP contribution in [-0.2, 0) is 11.2 Å². The number of nitrogens with zero attached hydrogens (tertiary/aromatic N) is 1. The number of benzene rings is 1. The highest BCUT2D eigenvalue weighted by Crippen LogP contribution is 2.28. The summed E-state index contributed by atoms with van der Waals surface area (Å²) in [6.45, 7) is 1.28. The molecule has 2 unspecified atom stereocenters. The first-order valence-electron chi connectivity index (χ1n) is 6.06. The fourth-order valence-electron chi connectivity index (χ4n) is 2.66. The minimum Gasteiger partial charge on any atom is -0.392 e. The number of hydrogen-bond donors (Lipinski definition) is 2. The summed E-state index contributed by atoms with van der Waals surface area (Å²) in [5, 5.41) is 12.5. The molecule has 1 amide bonds. The summed E-state index contributed by atoms with van der Waals surface area (Å²) in [5.41, 5.74) is 2.26. The molecule has 2 heterocycles. The maximum absolute atomic E-state index is 12.3. The number of β-amino-alcohol motifs (C(OH)–C–C–N with tert-alkyl or cyclic N) is 1. The number of carbonyl (C=O) groups is 1. The van der Waals surface area contributed by atoms with E-state index in [1.165, 1.54) is 5.56 Å². The Hall–Kier alpha value is -1.39. The number of amides is 1. The number of carbonyl (C=O) groups excluding carboxylic acids is 1. The molecule has 0 aromatic heterocycles. The summed E-state index contributed by atoms with van der Waals surface area (Å²) in [6.07, 6.45) is 1.07. The lowest BCUT2D eigenvalue weighted by molar-refractivity contribution is -0.120. The molecule has 1 aromatic carbocycles. The number of aliphatic hydroxyl groups excluding tert-OH is 1. The third kappa shape index (κ3) is 1.83. The number of fused-ring (bicyclic) bond motifs is 1. The summed E-state index contributed by atoms with van der Waals surface area (Å²) >= 11 is 0. The van der Waals surface area contributed by atoms with Crippen molar-refractivity contribution in [3.8, 4) is 0 Å². The van der Waals surface area contributed by atoms with Gasteiger partial charge in [0.25, 0.3) is 0 Å². The number of nitrogens with one attached hydrogen (secondary N) is 1. The maximum Gasteiger partial charge on any atom is 0.244 e. The van der Waals surface area contributed by atoms with Crippen molar-refractivity contribution in [3.05, 3.63) is 29.8 Å². The van der Waals surface area contributed by atoms with E-state index in [9.17, 15) is 9.90 Å². The Morgan fingerprint density at radius 3 is 3.00 bits per heavy atom. The van der Waals surface area contributed by atoms with Gasteiger partial charge in [0, 0.05) is 18.8 Å².